The van der Waals surface area contributed by atoms with Crippen molar-refractivity contribution in [1.29, 1.82) is 0 Å². The Morgan fingerprint density at radius 3 is 2.33 bits per heavy atom. The lowest BCUT2D eigenvalue weighted by Crippen LogP contribution is -2.55. The van der Waals surface area contributed by atoms with Crippen LogP contribution >= 0.6 is 11.8 Å². The van der Waals surface area contributed by atoms with Gasteiger partial charge in [0.25, 0.3) is 5.91 Å². The number of para-hydroxylation sites is 1. The predicted molar refractivity (Wildman–Crippen MR) is 179 cm³/mol. The summed E-state index contributed by atoms with van der Waals surface area (Å²) in [5, 5.41) is 9.93. The molecule has 5 rings (SSSR count). The quantitative estimate of drug-likeness (QED) is 0.115. The highest BCUT2D eigenvalue weighted by atomic mass is 32.2. The number of thioether (sulfide) groups is 1. The van der Waals surface area contributed by atoms with E-state index >= 15 is 0 Å². The molecule has 0 aliphatic carbocycles. The SMILES string of the molecule is CCCCOc1ccc(C(=O)N2CCN(C(=O)CCCCSc3nnc(Cc4ccccc4)n3-c3ccccc3)CC2C)cc1. The normalized spacial score (nSPS) is 14.8. The lowest BCUT2D eigenvalue weighted by atomic mass is 10.1. The van der Waals surface area contributed by atoms with Crippen LogP contribution in [0.3, 0.4) is 0 Å². The van der Waals surface area contributed by atoms with Crippen molar-refractivity contribution in [2.45, 2.75) is 63.6 Å². The second kappa shape index (κ2) is 16.3. The topological polar surface area (TPSA) is 80.6 Å². The number of hydrogen-bond acceptors (Lipinski definition) is 6. The Kier molecular flexibility index (Phi) is 11.7. The van der Waals surface area contributed by atoms with E-state index in [9.17, 15) is 9.59 Å². The van der Waals surface area contributed by atoms with E-state index in [4.69, 9.17) is 4.74 Å². The molecule has 236 valence electrons. The fraction of sp³-hybridized carbons (Fsp3) is 0.389. The number of aromatic nitrogens is 3. The van der Waals surface area contributed by atoms with Crippen molar-refractivity contribution < 1.29 is 14.3 Å². The van der Waals surface area contributed by atoms with Gasteiger partial charge in [0.2, 0.25) is 5.91 Å². The summed E-state index contributed by atoms with van der Waals surface area (Å²) in [5.41, 5.74) is 2.89. The highest BCUT2D eigenvalue weighted by Crippen LogP contribution is 2.25. The molecule has 1 aliphatic rings. The van der Waals surface area contributed by atoms with Gasteiger partial charge in [-0.05, 0) is 68.1 Å². The maximum absolute atomic E-state index is 13.2. The number of ether oxygens (including phenoxy) is 1. The minimum atomic E-state index is -0.0411. The summed E-state index contributed by atoms with van der Waals surface area (Å²) in [6.07, 6.45) is 5.01. The van der Waals surface area contributed by atoms with Gasteiger partial charge in [-0.1, -0.05) is 73.6 Å². The van der Waals surface area contributed by atoms with Gasteiger partial charge >= 0.3 is 0 Å². The van der Waals surface area contributed by atoms with Crippen LogP contribution in [0.5, 0.6) is 5.75 Å². The molecule has 2 heterocycles. The van der Waals surface area contributed by atoms with Gasteiger partial charge in [-0.2, -0.15) is 0 Å². The zero-order valence-electron chi connectivity index (χ0n) is 26.3. The monoisotopic (exact) mass is 625 g/mol. The van der Waals surface area contributed by atoms with Crippen LogP contribution < -0.4 is 4.74 Å². The zero-order valence-corrected chi connectivity index (χ0v) is 27.1. The van der Waals surface area contributed by atoms with Gasteiger partial charge in [0.1, 0.15) is 11.6 Å². The molecule has 2 amide bonds. The Hall–Kier alpha value is -4.11. The van der Waals surface area contributed by atoms with E-state index in [2.05, 4.69) is 46.0 Å². The number of carbonyl (C=O) groups is 2. The van der Waals surface area contributed by atoms with Gasteiger partial charge in [0.05, 0.1) is 6.61 Å². The lowest BCUT2D eigenvalue weighted by Gasteiger charge is -2.40. The minimum absolute atomic E-state index is 0.00186. The van der Waals surface area contributed by atoms with Crippen LogP contribution in [0.25, 0.3) is 5.69 Å². The smallest absolute Gasteiger partial charge is 0.254 e. The standard InChI is InChI=1S/C36H43N5O3S/c1-3-4-24-44-32-20-18-30(19-21-32)35(43)40-23-22-39(27-28(40)2)34(42)17-11-12-25-45-36-38-37-33(26-29-13-7-5-8-14-29)41(36)31-15-9-6-10-16-31/h5-10,13-16,18-21,28H,3-4,11-12,17,22-27H2,1-2H3. The molecule has 0 bridgehead atoms. The number of nitrogens with zero attached hydrogens (tertiary/aromatic N) is 5. The van der Waals surface area contributed by atoms with Gasteiger partial charge in [-0.25, -0.2) is 0 Å². The third-order valence-corrected chi connectivity index (χ3v) is 9.06. The van der Waals surface area contributed by atoms with E-state index in [1.165, 1.54) is 5.56 Å². The van der Waals surface area contributed by atoms with E-state index in [0.29, 0.717) is 44.6 Å². The summed E-state index contributed by atoms with van der Waals surface area (Å²) in [7, 11) is 0. The Morgan fingerprint density at radius 1 is 0.889 bits per heavy atom. The highest BCUT2D eigenvalue weighted by molar-refractivity contribution is 7.99. The largest absolute Gasteiger partial charge is 0.494 e. The maximum Gasteiger partial charge on any atom is 0.254 e. The molecule has 45 heavy (non-hydrogen) atoms. The Bertz CT molecular complexity index is 1510. The molecule has 0 radical (unpaired) electrons. The van der Waals surface area contributed by atoms with Crippen LogP contribution in [0.15, 0.2) is 90.1 Å². The first-order valence-electron chi connectivity index (χ1n) is 16.0. The third kappa shape index (κ3) is 8.75. The molecule has 1 atom stereocenters. The summed E-state index contributed by atoms with van der Waals surface area (Å²) in [4.78, 5) is 30.0. The van der Waals surface area contributed by atoms with Crippen molar-refractivity contribution in [2.24, 2.45) is 0 Å². The first-order valence-corrected chi connectivity index (χ1v) is 17.0. The number of unbranched alkanes of at least 4 members (excludes halogenated alkanes) is 2. The van der Waals surface area contributed by atoms with Crippen molar-refractivity contribution >= 4 is 23.6 Å². The van der Waals surface area contributed by atoms with Crippen LogP contribution in [0.1, 0.15) is 67.7 Å². The molecule has 8 nitrogen and oxygen atoms in total. The van der Waals surface area contributed by atoms with Gasteiger partial charge in [-0.3, -0.25) is 14.2 Å². The summed E-state index contributed by atoms with van der Waals surface area (Å²) >= 11 is 1.68. The molecule has 9 heteroatoms. The third-order valence-electron chi connectivity index (χ3n) is 8.04. The molecule has 1 aromatic heterocycles. The van der Waals surface area contributed by atoms with E-state index in [-0.39, 0.29) is 17.9 Å². The molecular formula is C36H43N5O3S. The molecular weight excluding hydrogens is 582 g/mol. The van der Waals surface area contributed by atoms with Crippen LogP contribution in [0.2, 0.25) is 0 Å². The van der Waals surface area contributed by atoms with Crippen LogP contribution in [-0.2, 0) is 11.2 Å². The first-order chi connectivity index (χ1) is 22.0. The summed E-state index contributed by atoms with van der Waals surface area (Å²) in [5.74, 6) is 2.70. The number of carbonyl (C=O) groups excluding carboxylic acids is 2. The molecule has 4 aromatic rings. The van der Waals surface area contributed by atoms with Crippen LogP contribution in [0, 0.1) is 0 Å². The van der Waals surface area contributed by atoms with Crippen LogP contribution in [-0.4, -0.2) is 74.4 Å². The van der Waals surface area contributed by atoms with Crippen LogP contribution in [0.4, 0.5) is 0 Å². The molecule has 0 saturated carbocycles. The number of hydrogen-bond donors (Lipinski definition) is 0. The fourth-order valence-corrected chi connectivity index (χ4v) is 6.47. The first kappa shape index (κ1) is 32.3. The second-order valence-corrected chi connectivity index (χ2v) is 12.5. The summed E-state index contributed by atoms with van der Waals surface area (Å²) in [6.45, 7) is 6.49. The average Bonchev–Trinajstić information content (AvgIpc) is 3.47. The molecule has 3 aromatic carbocycles. The molecule has 1 aliphatic heterocycles. The number of amides is 2. The number of piperazine rings is 1. The molecule has 0 spiro atoms. The Balaban J connectivity index is 1.07. The molecule has 1 saturated heterocycles. The van der Waals surface area contributed by atoms with E-state index in [1.807, 2.05) is 77.4 Å². The lowest BCUT2D eigenvalue weighted by molar-refractivity contribution is -0.133. The molecule has 1 fully saturated rings. The Morgan fingerprint density at radius 2 is 1.62 bits per heavy atom. The summed E-state index contributed by atoms with van der Waals surface area (Å²) < 4.78 is 7.86. The van der Waals surface area contributed by atoms with Crippen molar-refractivity contribution in [2.75, 3.05) is 32.0 Å². The van der Waals surface area contributed by atoms with Crippen molar-refractivity contribution in [1.82, 2.24) is 24.6 Å². The van der Waals surface area contributed by atoms with Gasteiger partial charge < -0.3 is 14.5 Å². The fourth-order valence-electron chi connectivity index (χ4n) is 5.50. The number of benzene rings is 3. The van der Waals surface area contributed by atoms with Crippen molar-refractivity contribution in [3.8, 4) is 11.4 Å². The Labute approximate surface area is 270 Å². The minimum Gasteiger partial charge on any atom is -0.494 e. The van der Waals surface area contributed by atoms with E-state index in [1.54, 1.807) is 11.8 Å². The molecule has 0 N–H and O–H groups in total. The second-order valence-electron chi connectivity index (χ2n) is 11.5. The van der Waals surface area contributed by atoms with Crippen molar-refractivity contribution in [3.63, 3.8) is 0 Å². The number of rotatable bonds is 14. The van der Waals surface area contributed by atoms with E-state index < -0.39 is 0 Å². The zero-order chi connectivity index (χ0) is 31.4. The predicted octanol–water partition coefficient (Wildman–Crippen LogP) is 6.67. The maximum atomic E-state index is 13.2. The summed E-state index contributed by atoms with van der Waals surface area (Å²) in [6, 6.07) is 27.9. The average molecular weight is 626 g/mol. The van der Waals surface area contributed by atoms with Gasteiger partial charge in [0.15, 0.2) is 5.16 Å². The van der Waals surface area contributed by atoms with Crippen molar-refractivity contribution in [3.05, 3.63) is 102 Å². The van der Waals surface area contributed by atoms with E-state index in [0.717, 1.165) is 53.9 Å². The van der Waals surface area contributed by atoms with Gasteiger partial charge in [0, 0.05) is 55.5 Å². The molecule has 1 unspecified atom stereocenters. The van der Waals surface area contributed by atoms with Gasteiger partial charge in [-0.15, -0.1) is 10.2 Å². The highest BCUT2D eigenvalue weighted by Gasteiger charge is 2.30.